The first-order valence-electron chi connectivity index (χ1n) is 7.21. The molecule has 0 radical (unpaired) electrons. The Kier molecular flexibility index (Phi) is 5.57. The van der Waals surface area contributed by atoms with E-state index in [1.807, 2.05) is 0 Å². The molecule has 130 valence electrons. The number of primary amides is 1. The van der Waals surface area contributed by atoms with Crippen LogP contribution < -0.4 is 21.5 Å². The number of amides is 2. The van der Waals surface area contributed by atoms with Crippen LogP contribution in [0.25, 0.3) is 0 Å². The number of nitrogen functional groups attached to an aromatic ring is 1. The summed E-state index contributed by atoms with van der Waals surface area (Å²) in [6.07, 6.45) is 0. The fourth-order valence-electron chi connectivity index (χ4n) is 2.07. The number of methoxy groups -OCH3 is 1. The first-order chi connectivity index (χ1) is 11.9. The molecule has 0 heterocycles. The Bertz CT molecular complexity index is 820. The van der Waals surface area contributed by atoms with Crippen LogP contribution in [0, 0.1) is 0 Å². The minimum absolute atomic E-state index is 0.158. The van der Waals surface area contributed by atoms with E-state index in [2.05, 4.69) is 5.32 Å². The Labute approximate surface area is 143 Å². The van der Waals surface area contributed by atoms with E-state index in [-0.39, 0.29) is 22.5 Å². The summed E-state index contributed by atoms with van der Waals surface area (Å²) in [5, 5.41) is 2.47. The lowest BCUT2D eigenvalue weighted by Crippen LogP contribution is -2.23. The van der Waals surface area contributed by atoms with Crippen molar-refractivity contribution in [2.24, 2.45) is 5.73 Å². The summed E-state index contributed by atoms with van der Waals surface area (Å²) in [5.41, 5.74) is 11.8. The summed E-state index contributed by atoms with van der Waals surface area (Å²) in [5.74, 6) is -1.57. The molecule has 0 aliphatic rings. The Morgan fingerprint density at radius 2 is 1.84 bits per heavy atom. The maximum Gasteiger partial charge on any atom is 0.338 e. The van der Waals surface area contributed by atoms with E-state index in [9.17, 15) is 14.4 Å². The first kappa shape index (κ1) is 17.8. The Hall–Kier alpha value is -3.55. The van der Waals surface area contributed by atoms with Crippen LogP contribution in [0.5, 0.6) is 5.75 Å². The summed E-state index contributed by atoms with van der Waals surface area (Å²) in [6, 6.07) is 10.6. The average molecular weight is 343 g/mol. The van der Waals surface area contributed by atoms with E-state index in [1.54, 1.807) is 12.1 Å². The molecule has 0 unspecified atom stereocenters. The Morgan fingerprint density at radius 3 is 2.48 bits per heavy atom. The highest BCUT2D eigenvalue weighted by molar-refractivity contribution is 6.03. The molecule has 0 aliphatic carbocycles. The van der Waals surface area contributed by atoms with Crippen molar-refractivity contribution >= 4 is 29.2 Å². The Balaban J connectivity index is 1.97. The minimum atomic E-state index is -0.715. The van der Waals surface area contributed by atoms with Crippen LogP contribution in [0.15, 0.2) is 42.5 Å². The van der Waals surface area contributed by atoms with Gasteiger partial charge in [-0.1, -0.05) is 12.1 Å². The second-order valence-corrected chi connectivity index (χ2v) is 4.99. The largest absolute Gasteiger partial charge is 0.495 e. The monoisotopic (exact) mass is 343 g/mol. The number of benzene rings is 2. The molecule has 0 saturated heterocycles. The molecule has 0 spiro atoms. The number of nitrogens with two attached hydrogens (primary N) is 2. The zero-order valence-corrected chi connectivity index (χ0v) is 13.4. The number of ether oxygens (including phenoxy) is 2. The van der Waals surface area contributed by atoms with Crippen molar-refractivity contribution in [3.8, 4) is 5.75 Å². The predicted molar refractivity (Wildman–Crippen MR) is 91.3 cm³/mol. The first-order valence-corrected chi connectivity index (χ1v) is 7.21. The molecule has 2 rings (SSSR count). The second-order valence-electron chi connectivity index (χ2n) is 4.99. The van der Waals surface area contributed by atoms with Gasteiger partial charge < -0.3 is 26.3 Å². The van der Waals surface area contributed by atoms with Gasteiger partial charge >= 0.3 is 5.97 Å². The smallest absolute Gasteiger partial charge is 0.338 e. The van der Waals surface area contributed by atoms with Gasteiger partial charge in [0.05, 0.1) is 29.6 Å². The number of carbonyl (C=O) groups is 3. The van der Waals surface area contributed by atoms with Gasteiger partial charge in [0.25, 0.3) is 11.8 Å². The molecule has 0 aromatic heterocycles. The van der Waals surface area contributed by atoms with E-state index in [0.29, 0.717) is 5.75 Å². The highest BCUT2D eigenvalue weighted by Gasteiger charge is 2.14. The van der Waals surface area contributed by atoms with Crippen LogP contribution in [0.1, 0.15) is 20.7 Å². The molecule has 0 atom stereocenters. The van der Waals surface area contributed by atoms with Crippen LogP contribution in [-0.2, 0) is 9.53 Å². The fourth-order valence-corrected chi connectivity index (χ4v) is 2.07. The molecule has 25 heavy (non-hydrogen) atoms. The van der Waals surface area contributed by atoms with Gasteiger partial charge in [-0.3, -0.25) is 9.59 Å². The molecule has 2 aromatic carbocycles. The zero-order chi connectivity index (χ0) is 18.4. The maximum atomic E-state index is 12.0. The number of para-hydroxylation sites is 1. The third-order valence-corrected chi connectivity index (χ3v) is 3.27. The van der Waals surface area contributed by atoms with Gasteiger partial charge in [-0.15, -0.1) is 0 Å². The summed E-state index contributed by atoms with van der Waals surface area (Å²) in [6.45, 7) is -0.530. The van der Waals surface area contributed by atoms with E-state index in [1.165, 1.54) is 37.4 Å². The molecule has 0 bridgehead atoms. The van der Waals surface area contributed by atoms with Crippen molar-refractivity contribution in [3.63, 3.8) is 0 Å². The van der Waals surface area contributed by atoms with Crippen LogP contribution in [0.3, 0.4) is 0 Å². The van der Waals surface area contributed by atoms with Crippen molar-refractivity contribution in [2.75, 3.05) is 24.8 Å². The molecular formula is C17H17N3O5. The number of nitrogens with one attached hydrogen (secondary N) is 1. The quantitative estimate of drug-likeness (QED) is 0.532. The molecule has 0 aliphatic heterocycles. The van der Waals surface area contributed by atoms with Gasteiger partial charge in [-0.2, -0.15) is 0 Å². The number of esters is 1. The fraction of sp³-hybridized carbons (Fsp3) is 0.118. The zero-order valence-electron chi connectivity index (χ0n) is 13.4. The van der Waals surface area contributed by atoms with E-state index < -0.39 is 24.4 Å². The summed E-state index contributed by atoms with van der Waals surface area (Å²) >= 11 is 0. The third kappa shape index (κ3) is 4.47. The van der Waals surface area contributed by atoms with Crippen molar-refractivity contribution in [1.82, 2.24) is 0 Å². The molecule has 2 aromatic rings. The Morgan fingerprint density at radius 1 is 1.12 bits per heavy atom. The molecule has 5 N–H and O–H groups in total. The second kappa shape index (κ2) is 7.82. The van der Waals surface area contributed by atoms with Crippen molar-refractivity contribution in [1.29, 1.82) is 0 Å². The van der Waals surface area contributed by atoms with Crippen LogP contribution in [0.2, 0.25) is 0 Å². The number of carbonyl (C=O) groups excluding carboxylic acids is 3. The molecular weight excluding hydrogens is 326 g/mol. The van der Waals surface area contributed by atoms with Crippen LogP contribution in [-0.4, -0.2) is 31.5 Å². The van der Waals surface area contributed by atoms with E-state index >= 15 is 0 Å². The van der Waals surface area contributed by atoms with Gasteiger partial charge in [0.1, 0.15) is 5.75 Å². The van der Waals surface area contributed by atoms with Gasteiger partial charge in [0.15, 0.2) is 6.61 Å². The van der Waals surface area contributed by atoms with Crippen molar-refractivity contribution in [2.45, 2.75) is 0 Å². The third-order valence-electron chi connectivity index (χ3n) is 3.27. The summed E-state index contributed by atoms with van der Waals surface area (Å²) < 4.78 is 9.92. The standard InChI is InChI=1S/C17H17N3O5/c1-24-14-7-6-10(8-12(14)18)17(23)25-9-15(21)20-13-5-3-2-4-11(13)16(19)22/h2-8H,9,18H2,1H3,(H2,19,22)(H,20,21). The SMILES string of the molecule is COc1ccc(C(=O)OCC(=O)Nc2ccccc2C(N)=O)cc1N. The minimum Gasteiger partial charge on any atom is -0.495 e. The number of rotatable bonds is 6. The molecule has 8 heteroatoms. The van der Waals surface area contributed by atoms with Crippen LogP contribution in [0.4, 0.5) is 11.4 Å². The number of anilines is 2. The number of hydrogen-bond acceptors (Lipinski definition) is 6. The van der Waals surface area contributed by atoms with E-state index in [0.717, 1.165) is 0 Å². The highest BCUT2D eigenvalue weighted by atomic mass is 16.5. The average Bonchev–Trinajstić information content (AvgIpc) is 2.59. The molecule has 2 amide bonds. The van der Waals surface area contributed by atoms with Crippen LogP contribution >= 0.6 is 0 Å². The lowest BCUT2D eigenvalue weighted by atomic mass is 10.1. The normalized spacial score (nSPS) is 9.96. The van der Waals surface area contributed by atoms with Gasteiger partial charge in [-0.05, 0) is 30.3 Å². The van der Waals surface area contributed by atoms with E-state index in [4.69, 9.17) is 20.9 Å². The van der Waals surface area contributed by atoms with Gasteiger partial charge in [0, 0.05) is 0 Å². The summed E-state index contributed by atoms with van der Waals surface area (Å²) in [4.78, 5) is 35.2. The highest BCUT2D eigenvalue weighted by Crippen LogP contribution is 2.22. The maximum absolute atomic E-state index is 12.0. The molecule has 0 saturated carbocycles. The topological polar surface area (TPSA) is 134 Å². The van der Waals surface area contributed by atoms with Crippen molar-refractivity contribution in [3.05, 3.63) is 53.6 Å². The lowest BCUT2D eigenvalue weighted by molar-refractivity contribution is -0.119. The molecule has 0 fully saturated rings. The predicted octanol–water partition coefficient (Wildman–Crippen LogP) is 1.17. The summed E-state index contributed by atoms with van der Waals surface area (Å²) in [7, 11) is 1.46. The lowest BCUT2D eigenvalue weighted by Gasteiger charge is -2.10. The number of hydrogen-bond donors (Lipinski definition) is 3. The van der Waals surface area contributed by atoms with Gasteiger partial charge in [-0.25, -0.2) is 4.79 Å². The van der Waals surface area contributed by atoms with Crippen molar-refractivity contribution < 1.29 is 23.9 Å². The molecule has 8 nitrogen and oxygen atoms in total. The van der Waals surface area contributed by atoms with Gasteiger partial charge in [0.2, 0.25) is 0 Å².